The summed E-state index contributed by atoms with van der Waals surface area (Å²) < 4.78 is 0. The van der Waals surface area contributed by atoms with Gasteiger partial charge in [0, 0.05) is 18.7 Å². The number of benzene rings is 1. The first-order chi connectivity index (χ1) is 18.4. The standard InChI is InChI=1S/C31H50N4O4/c1-20(2)27(18-23(7)29(37)32-25(19-36)24-14-10-9-11-15-24)34(8)31(39)28(21(3)4)33-30(38)26-16-12-13-17-35(26)22(5)6/h9-11,14-15,18,20-22,25-28,36H,12-13,16-17,19H2,1-8H3,(H,32,37)(H,33,38)/t25?,26?,27-,28+/m1/s1. The second-order valence-electron chi connectivity index (χ2n) is 11.7. The van der Waals surface area contributed by atoms with Crippen molar-refractivity contribution in [1.82, 2.24) is 20.4 Å². The number of rotatable bonds is 12. The van der Waals surface area contributed by atoms with Crippen LogP contribution < -0.4 is 10.6 Å². The number of amides is 3. The van der Waals surface area contributed by atoms with E-state index in [1.807, 2.05) is 58.0 Å². The molecule has 0 saturated carbocycles. The molecule has 4 atom stereocenters. The van der Waals surface area contributed by atoms with Crippen molar-refractivity contribution in [2.24, 2.45) is 11.8 Å². The van der Waals surface area contributed by atoms with Crippen molar-refractivity contribution in [2.75, 3.05) is 20.2 Å². The zero-order valence-corrected chi connectivity index (χ0v) is 25.1. The van der Waals surface area contributed by atoms with E-state index >= 15 is 0 Å². The molecule has 1 heterocycles. The molecule has 0 aromatic heterocycles. The van der Waals surface area contributed by atoms with Crippen LogP contribution in [0, 0.1) is 11.8 Å². The number of nitrogens with zero attached hydrogens (tertiary/aromatic N) is 2. The zero-order valence-electron chi connectivity index (χ0n) is 25.1. The average Bonchev–Trinajstić information content (AvgIpc) is 2.92. The molecule has 218 valence electrons. The minimum absolute atomic E-state index is 0.0303. The summed E-state index contributed by atoms with van der Waals surface area (Å²) in [6.07, 6.45) is 4.68. The molecule has 1 aromatic rings. The van der Waals surface area contributed by atoms with Crippen LogP contribution >= 0.6 is 0 Å². The van der Waals surface area contributed by atoms with E-state index in [1.54, 1.807) is 24.9 Å². The Balaban J connectivity index is 2.18. The van der Waals surface area contributed by atoms with Crippen molar-refractivity contribution in [2.45, 2.75) is 97.9 Å². The predicted molar refractivity (Wildman–Crippen MR) is 156 cm³/mol. The number of hydrogen-bond acceptors (Lipinski definition) is 5. The molecule has 0 aliphatic carbocycles. The molecule has 0 spiro atoms. The van der Waals surface area contributed by atoms with Crippen LogP contribution in [0.4, 0.5) is 0 Å². The third-order valence-corrected chi connectivity index (χ3v) is 7.69. The molecule has 1 aliphatic heterocycles. The van der Waals surface area contributed by atoms with Gasteiger partial charge in [-0.15, -0.1) is 0 Å². The van der Waals surface area contributed by atoms with Gasteiger partial charge in [0.25, 0.3) is 0 Å². The molecular weight excluding hydrogens is 492 g/mol. The lowest BCUT2D eigenvalue weighted by Crippen LogP contribution is -2.58. The molecule has 1 aliphatic rings. The Bertz CT molecular complexity index is 976. The quantitative estimate of drug-likeness (QED) is 0.350. The number of nitrogens with one attached hydrogen (secondary N) is 2. The Kier molecular flexibility index (Phi) is 12.6. The van der Waals surface area contributed by atoms with Crippen molar-refractivity contribution in [3.8, 4) is 0 Å². The first-order valence-corrected chi connectivity index (χ1v) is 14.4. The van der Waals surface area contributed by atoms with E-state index in [0.29, 0.717) is 5.57 Å². The van der Waals surface area contributed by atoms with Gasteiger partial charge in [-0.3, -0.25) is 19.3 Å². The summed E-state index contributed by atoms with van der Waals surface area (Å²) in [6.45, 7) is 14.5. The lowest BCUT2D eigenvalue weighted by atomic mass is 9.95. The topological polar surface area (TPSA) is 102 Å². The number of piperidine rings is 1. The summed E-state index contributed by atoms with van der Waals surface area (Å²) in [7, 11) is 1.73. The Morgan fingerprint density at radius 3 is 2.21 bits per heavy atom. The van der Waals surface area contributed by atoms with Gasteiger partial charge in [-0.2, -0.15) is 0 Å². The smallest absolute Gasteiger partial charge is 0.247 e. The van der Waals surface area contributed by atoms with Gasteiger partial charge < -0.3 is 20.6 Å². The molecule has 2 rings (SSSR count). The molecule has 0 radical (unpaired) electrons. The van der Waals surface area contributed by atoms with Crippen LogP contribution in [0.2, 0.25) is 0 Å². The van der Waals surface area contributed by atoms with Gasteiger partial charge in [-0.05, 0) is 57.6 Å². The van der Waals surface area contributed by atoms with E-state index in [-0.39, 0.29) is 54.3 Å². The fourth-order valence-electron chi connectivity index (χ4n) is 5.26. The number of likely N-dealkylation sites (tertiary alicyclic amines) is 1. The summed E-state index contributed by atoms with van der Waals surface area (Å²) in [5, 5.41) is 15.8. The van der Waals surface area contributed by atoms with E-state index in [9.17, 15) is 19.5 Å². The highest BCUT2D eigenvalue weighted by atomic mass is 16.3. The zero-order chi connectivity index (χ0) is 29.3. The maximum absolute atomic E-state index is 13.8. The Labute approximate surface area is 235 Å². The largest absolute Gasteiger partial charge is 0.394 e. The Morgan fingerprint density at radius 2 is 1.67 bits per heavy atom. The fourth-order valence-corrected chi connectivity index (χ4v) is 5.26. The van der Waals surface area contributed by atoms with Crippen LogP contribution in [0.15, 0.2) is 42.0 Å². The van der Waals surface area contributed by atoms with Crippen LogP contribution in [0.1, 0.15) is 79.3 Å². The average molecular weight is 543 g/mol. The highest BCUT2D eigenvalue weighted by molar-refractivity contribution is 5.93. The molecule has 2 unspecified atom stereocenters. The van der Waals surface area contributed by atoms with Gasteiger partial charge in [0.15, 0.2) is 0 Å². The second kappa shape index (κ2) is 15.2. The second-order valence-corrected chi connectivity index (χ2v) is 11.7. The van der Waals surface area contributed by atoms with Gasteiger partial charge >= 0.3 is 0 Å². The number of hydrogen-bond donors (Lipinski definition) is 3. The normalized spacial score (nSPS) is 19.1. The molecule has 3 amide bonds. The molecule has 39 heavy (non-hydrogen) atoms. The SMILES string of the molecule is CC(=C[C@H](C(C)C)N(C)C(=O)[C@@H](NC(=O)C1CCCCN1C(C)C)C(C)C)C(=O)NC(CO)c1ccccc1. The first kappa shape index (κ1) is 32.5. The van der Waals surface area contributed by atoms with Gasteiger partial charge in [-0.25, -0.2) is 0 Å². The minimum atomic E-state index is -0.668. The van der Waals surface area contributed by atoms with Gasteiger partial charge in [-0.1, -0.05) is 70.5 Å². The molecular formula is C31H50N4O4. The maximum Gasteiger partial charge on any atom is 0.247 e. The summed E-state index contributed by atoms with van der Waals surface area (Å²) in [4.78, 5) is 44.0. The summed E-state index contributed by atoms with van der Waals surface area (Å²) in [6, 6.07) is 7.81. The third kappa shape index (κ3) is 8.90. The number of likely N-dealkylation sites (N-methyl/N-ethyl adjacent to an activating group) is 1. The number of carbonyl (C=O) groups excluding carboxylic acids is 3. The molecule has 1 fully saturated rings. The molecule has 8 nitrogen and oxygen atoms in total. The highest BCUT2D eigenvalue weighted by Crippen LogP contribution is 2.22. The van der Waals surface area contributed by atoms with Crippen LogP contribution in [-0.4, -0.2) is 77.0 Å². The van der Waals surface area contributed by atoms with E-state index in [0.717, 1.165) is 31.4 Å². The highest BCUT2D eigenvalue weighted by Gasteiger charge is 2.36. The molecule has 8 heteroatoms. The predicted octanol–water partition coefficient (Wildman–Crippen LogP) is 3.67. The Hall–Kier alpha value is -2.71. The first-order valence-electron chi connectivity index (χ1n) is 14.4. The molecule has 1 aromatic carbocycles. The van der Waals surface area contributed by atoms with Crippen molar-refractivity contribution in [1.29, 1.82) is 0 Å². The summed E-state index contributed by atoms with van der Waals surface area (Å²) in [5.41, 5.74) is 1.28. The number of carbonyl (C=O) groups is 3. The maximum atomic E-state index is 13.8. The molecule has 3 N–H and O–H groups in total. The van der Waals surface area contributed by atoms with Gasteiger partial charge in [0.1, 0.15) is 6.04 Å². The summed E-state index contributed by atoms with van der Waals surface area (Å²) in [5.74, 6) is -0.637. The third-order valence-electron chi connectivity index (χ3n) is 7.69. The van der Waals surface area contributed by atoms with Crippen molar-refractivity contribution in [3.63, 3.8) is 0 Å². The lowest BCUT2D eigenvalue weighted by Gasteiger charge is -2.39. The van der Waals surface area contributed by atoms with Crippen LogP contribution in [0.3, 0.4) is 0 Å². The molecule has 0 bridgehead atoms. The van der Waals surface area contributed by atoms with E-state index < -0.39 is 12.1 Å². The van der Waals surface area contributed by atoms with Crippen molar-refractivity contribution in [3.05, 3.63) is 47.5 Å². The van der Waals surface area contributed by atoms with Crippen LogP contribution in [0.5, 0.6) is 0 Å². The number of aliphatic hydroxyl groups excluding tert-OH is 1. The van der Waals surface area contributed by atoms with Crippen molar-refractivity contribution < 1.29 is 19.5 Å². The van der Waals surface area contributed by atoms with Gasteiger partial charge in [0.05, 0.1) is 24.7 Å². The van der Waals surface area contributed by atoms with Crippen molar-refractivity contribution >= 4 is 17.7 Å². The fraction of sp³-hybridized carbons (Fsp3) is 0.645. The van der Waals surface area contributed by atoms with E-state index in [4.69, 9.17) is 0 Å². The van der Waals surface area contributed by atoms with Gasteiger partial charge in [0.2, 0.25) is 17.7 Å². The van der Waals surface area contributed by atoms with E-state index in [1.165, 1.54) is 0 Å². The lowest BCUT2D eigenvalue weighted by molar-refractivity contribution is -0.140. The van der Waals surface area contributed by atoms with Crippen LogP contribution in [-0.2, 0) is 14.4 Å². The molecule has 1 saturated heterocycles. The van der Waals surface area contributed by atoms with E-state index in [2.05, 4.69) is 29.4 Å². The number of aliphatic hydroxyl groups is 1. The Morgan fingerprint density at radius 1 is 1.03 bits per heavy atom. The monoisotopic (exact) mass is 542 g/mol. The summed E-state index contributed by atoms with van der Waals surface area (Å²) >= 11 is 0. The minimum Gasteiger partial charge on any atom is -0.394 e. The van der Waals surface area contributed by atoms with Crippen LogP contribution in [0.25, 0.3) is 0 Å².